The molecule has 4 aromatic carbocycles. The lowest BCUT2D eigenvalue weighted by Gasteiger charge is -2.25. The normalized spacial score (nSPS) is 13.0. The summed E-state index contributed by atoms with van der Waals surface area (Å²) in [5.74, 6) is -3.29. The van der Waals surface area contributed by atoms with Crippen molar-refractivity contribution in [1.82, 2.24) is 4.31 Å². The number of nitrogens with two attached hydrogens (primary N) is 1. The maximum absolute atomic E-state index is 13.7. The van der Waals surface area contributed by atoms with Crippen LogP contribution in [0.15, 0.2) is 91.6 Å². The molecule has 0 heterocycles. The van der Waals surface area contributed by atoms with E-state index in [1.165, 1.54) is 130 Å². The van der Waals surface area contributed by atoms with Crippen LogP contribution in [0, 0.1) is 5.41 Å². The van der Waals surface area contributed by atoms with E-state index in [2.05, 4.69) is 22.5 Å². The molecule has 0 aromatic heterocycles. The van der Waals surface area contributed by atoms with Crippen LogP contribution in [0.3, 0.4) is 0 Å². The number of rotatable bonds is 30. The number of anilines is 1. The monoisotopic (exact) mass is 1040 g/mol. The Labute approximate surface area is 418 Å². The van der Waals surface area contributed by atoms with Gasteiger partial charge in [-0.1, -0.05) is 124 Å². The number of carbonyl (C=O) groups excluding carboxylic acids is 3. The third kappa shape index (κ3) is 17.7. The van der Waals surface area contributed by atoms with Gasteiger partial charge in [-0.15, -0.1) is 5.11 Å². The first-order chi connectivity index (χ1) is 33.3. The van der Waals surface area contributed by atoms with Crippen LogP contribution in [0.5, 0.6) is 11.5 Å². The van der Waals surface area contributed by atoms with E-state index in [1.807, 2.05) is 0 Å². The van der Waals surface area contributed by atoms with Gasteiger partial charge >= 0.3 is 0 Å². The molecule has 1 atom stereocenters. The molecule has 0 saturated carbocycles. The fourth-order valence-corrected chi connectivity index (χ4v) is 10.3. The maximum atomic E-state index is 13.7. The molecule has 0 saturated heterocycles. The van der Waals surface area contributed by atoms with Gasteiger partial charge in [-0.05, 0) is 84.1 Å². The number of amides is 2. The van der Waals surface area contributed by atoms with Gasteiger partial charge in [0.1, 0.15) is 16.3 Å². The van der Waals surface area contributed by atoms with Crippen molar-refractivity contribution < 1.29 is 58.6 Å². The van der Waals surface area contributed by atoms with E-state index in [4.69, 9.17) is 10.5 Å². The first kappa shape index (κ1) is 58.3. The smallest absolute Gasteiger partial charge is 0.296 e. The van der Waals surface area contributed by atoms with Crippen molar-refractivity contribution in [3.63, 3.8) is 0 Å². The number of phenols is 1. The van der Waals surface area contributed by atoms with Crippen LogP contribution in [-0.4, -0.2) is 81.1 Å². The molecule has 4 aromatic rings. The lowest BCUT2D eigenvalue weighted by molar-refractivity contribution is -0.140. The first-order valence-corrected chi connectivity index (χ1v) is 28.3. The fraction of sp³-hybridized carbons (Fsp3) is 0.500. The Morgan fingerprint density at radius 3 is 1.70 bits per heavy atom. The molecule has 0 radical (unpaired) electrons. The van der Waals surface area contributed by atoms with E-state index >= 15 is 0 Å². The fourth-order valence-electron chi connectivity index (χ4n) is 7.87. The van der Waals surface area contributed by atoms with Crippen molar-refractivity contribution in [3.05, 3.63) is 72.3 Å². The third-order valence-electron chi connectivity index (χ3n) is 11.9. The third-order valence-corrected chi connectivity index (χ3v) is 15.4. The highest BCUT2D eigenvalue weighted by Gasteiger charge is 2.37. The zero-order valence-corrected chi connectivity index (χ0v) is 43.7. The van der Waals surface area contributed by atoms with Gasteiger partial charge in [0, 0.05) is 30.1 Å². The van der Waals surface area contributed by atoms with E-state index in [1.54, 1.807) is 27.8 Å². The topological polar surface area (TPSA) is 290 Å². The summed E-state index contributed by atoms with van der Waals surface area (Å²) >= 11 is 0. The van der Waals surface area contributed by atoms with Gasteiger partial charge in [-0.3, -0.25) is 23.5 Å². The van der Waals surface area contributed by atoms with E-state index in [0.717, 1.165) is 43.9 Å². The maximum Gasteiger partial charge on any atom is 0.296 e. The molecule has 1 unspecified atom stereocenters. The molecular weight excluding hydrogens is 975 g/mol. The summed E-state index contributed by atoms with van der Waals surface area (Å²) in [5, 5.41) is 21.1. The van der Waals surface area contributed by atoms with Gasteiger partial charge in [0.05, 0.1) is 21.9 Å². The van der Waals surface area contributed by atoms with Crippen LogP contribution >= 0.6 is 0 Å². The summed E-state index contributed by atoms with van der Waals surface area (Å²) < 4.78 is 102. The Bertz CT molecular complexity index is 2830. The number of nitrogens with one attached hydrogen (secondary N) is 1. The SMILES string of the molecule is CCCCCCCCCCCCCCCCCCN(C)S(=O)(=O)c1ccc(NC(=O)C(Oc2ccc(N=Nc3c(S(=O)(=O)O)cc4cc(S(=O)(=O)O)cc(CC(N)=O)c4c3O)cc2)C(=O)C(C)(C)C)cc1. The van der Waals surface area contributed by atoms with E-state index in [0.29, 0.717) is 6.54 Å². The summed E-state index contributed by atoms with van der Waals surface area (Å²) in [7, 11) is -12.3. The highest BCUT2D eigenvalue weighted by molar-refractivity contribution is 7.89. The van der Waals surface area contributed by atoms with Crippen LogP contribution in [0.25, 0.3) is 10.8 Å². The number of sulfonamides is 1. The first-order valence-electron chi connectivity index (χ1n) is 24.0. The Hall–Kier alpha value is -5.32. The van der Waals surface area contributed by atoms with Gasteiger partial charge < -0.3 is 20.9 Å². The number of hydrogen-bond donors (Lipinski definition) is 5. The summed E-state index contributed by atoms with van der Waals surface area (Å²) in [6, 6.07) is 13.3. The Balaban J connectivity index is 1.37. The highest BCUT2D eigenvalue weighted by Crippen LogP contribution is 2.44. The molecule has 18 nitrogen and oxygen atoms in total. The number of ketones is 1. The van der Waals surface area contributed by atoms with Crippen molar-refractivity contribution in [2.75, 3.05) is 18.9 Å². The van der Waals surface area contributed by atoms with Crippen LogP contribution in [0.2, 0.25) is 0 Å². The standard InChI is InChI=1S/C50H69N5O13S3/c1-6-7-8-9-10-11-12-13-14-15-16-17-18-19-20-21-30-55(5)69(60,61)40-28-24-37(25-29-40)52-49(59)47(48(58)50(2,3)4)68-39-26-22-38(23-27-39)53-54-45-42(71(65,66)67)33-35-31-41(70(62,63)64)32-36(34-43(51)56)44(35)46(45)57/h22-29,31-33,47,57H,6-21,30,34H2,1-5H3,(H2,51,56)(H,52,59)(H,62,63,64)(H,65,66,67). The van der Waals surface area contributed by atoms with Crippen molar-refractivity contribution in [2.24, 2.45) is 21.4 Å². The second kappa shape index (κ2) is 26.4. The molecule has 6 N–H and O–H groups in total. The Morgan fingerprint density at radius 1 is 0.704 bits per heavy atom. The van der Waals surface area contributed by atoms with Crippen molar-refractivity contribution in [1.29, 1.82) is 0 Å². The molecule has 0 aliphatic rings. The van der Waals surface area contributed by atoms with Crippen LogP contribution in [-0.2, 0) is 51.1 Å². The van der Waals surface area contributed by atoms with Crippen molar-refractivity contribution in [2.45, 2.75) is 158 Å². The summed E-state index contributed by atoms with van der Waals surface area (Å²) in [4.78, 5) is 37.4. The zero-order chi connectivity index (χ0) is 52.6. The molecule has 390 valence electrons. The molecule has 2 amide bonds. The predicted octanol–water partition coefficient (Wildman–Crippen LogP) is 10.4. The number of nitrogens with zero attached hydrogens (tertiary/aromatic N) is 3. The van der Waals surface area contributed by atoms with Crippen LogP contribution < -0.4 is 15.8 Å². The minimum Gasteiger partial charge on any atom is -0.505 e. The molecule has 0 fully saturated rings. The van der Waals surface area contributed by atoms with Gasteiger partial charge in [0.15, 0.2) is 11.5 Å². The molecule has 4 rings (SSSR count). The number of aromatic hydroxyl groups is 1. The number of hydrogen-bond acceptors (Lipinski definition) is 13. The second-order valence-electron chi connectivity index (χ2n) is 18.8. The molecule has 21 heteroatoms. The number of unbranched alkanes of at least 4 members (excludes halogenated alkanes) is 15. The number of carbonyl (C=O) groups is 3. The molecule has 0 aliphatic heterocycles. The van der Waals surface area contributed by atoms with E-state index in [9.17, 15) is 53.8 Å². The number of benzene rings is 4. The average Bonchev–Trinajstić information content (AvgIpc) is 3.29. The number of fused-ring (bicyclic) bond motifs is 1. The Morgan fingerprint density at radius 2 is 1.23 bits per heavy atom. The zero-order valence-electron chi connectivity index (χ0n) is 41.2. The summed E-state index contributed by atoms with van der Waals surface area (Å²) in [6.45, 7) is 7.42. The largest absolute Gasteiger partial charge is 0.505 e. The molecule has 0 bridgehead atoms. The van der Waals surface area contributed by atoms with Crippen molar-refractivity contribution in [3.8, 4) is 11.5 Å². The molecule has 0 aliphatic carbocycles. The minimum atomic E-state index is -5.17. The minimum absolute atomic E-state index is 0.0195. The molecule has 0 spiro atoms. The lowest BCUT2D eigenvalue weighted by atomic mass is 9.87. The number of phenolic OH excluding ortho intramolecular Hbond substituents is 1. The van der Waals surface area contributed by atoms with Gasteiger partial charge in [0.2, 0.25) is 22.0 Å². The number of azo groups is 1. The highest BCUT2D eigenvalue weighted by atomic mass is 32.2. The van der Waals surface area contributed by atoms with Gasteiger partial charge in [-0.25, -0.2) is 12.7 Å². The number of primary amides is 1. The lowest BCUT2D eigenvalue weighted by Crippen LogP contribution is -2.45. The van der Waals surface area contributed by atoms with Gasteiger partial charge in [0.25, 0.3) is 26.1 Å². The van der Waals surface area contributed by atoms with Gasteiger partial charge in [-0.2, -0.15) is 21.9 Å². The Kier molecular flexibility index (Phi) is 21.7. The van der Waals surface area contributed by atoms with Crippen LogP contribution in [0.1, 0.15) is 136 Å². The van der Waals surface area contributed by atoms with E-state index < -0.39 is 87.0 Å². The quantitative estimate of drug-likeness (QED) is 0.0141. The van der Waals surface area contributed by atoms with E-state index in [-0.39, 0.29) is 38.4 Å². The molecular formula is C50H69N5O13S3. The number of ether oxygens (including phenoxy) is 1. The predicted molar refractivity (Wildman–Crippen MR) is 272 cm³/mol. The van der Waals surface area contributed by atoms with Crippen molar-refractivity contribution >= 4 is 75.7 Å². The number of Topliss-reactive ketones (excluding diaryl/α,β-unsaturated/α-hetero) is 1. The molecule has 71 heavy (non-hydrogen) atoms. The van der Waals surface area contributed by atoms with Crippen LogP contribution in [0.4, 0.5) is 17.1 Å². The summed E-state index contributed by atoms with van der Waals surface area (Å²) in [6.07, 6.45) is 17.3. The second-order valence-corrected chi connectivity index (χ2v) is 23.7. The average molecular weight is 1040 g/mol. The summed E-state index contributed by atoms with van der Waals surface area (Å²) in [5.41, 5.74) is 3.49.